The van der Waals surface area contributed by atoms with Gasteiger partial charge in [0.1, 0.15) is 0 Å². The molecule has 5 nitrogen and oxygen atoms in total. The maximum atomic E-state index is 11.0. The van der Waals surface area contributed by atoms with Crippen molar-refractivity contribution in [2.75, 3.05) is 23.7 Å². The summed E-state index contributed by atoms with van der Waals surface area (Å²) in [6, 6.07) is 5.12. The zero-order valence-corrected chi connectivity index (χ0v) is 12.4. The van der Waals surface area contributed by atoms with Crippen molar-refractivity contribution in [2.24, 2.45) is 11.3 Å². The quantitative estimate of drug-likeness (QED) is 0.586. The van der Waals surface area contributed by atoms with E-state index < -0.39 is 0 Å². The molecule has 0 heterocycles. The summed E-state index contributed by atoms with van der Waals surface area (Å²) in [4.78, 5) is 10.6. The molecular formula is C15H23N3O2. The van der Waals surface area contributed by atoms with Crippen LogP contribution in [0.25, 0.3) is 0 Å². The SMILES string of the molecule is CCNc1cc(NCC2(C(C)C)CC2)cc([N+](=O)[O-])c1. The van der Waals surface area contributed by atoms with Gasteiger partial charge in [-0.05, 0) is 37.2 Å². The summed E-state index contributed by atoms with van der Waals surface area (Å²) in [6.07, 6.45) is 2.49. The molecule has 0 aromatic heterocycles. The minimum absolute atomic E-state index is 0.125. The Kier molecular flexibility index (Phi) is 4.16. The van der Waals surface area contributed by atoms with Crippen molar-refractivity contribution in [3.8, 4) is 0 Å². The number of hydrogen-bond donors (Lipinski definition) is 2. The van der Waals surface area contributed by atoms with Crippen LogP contribution in [0.3, 0.4) is 0 Å². The zero-order valence-electron chi connectivity index (χ0n) is 12.4. The van der Waals surface area contributed by atoms with Gasteiger partial charge in [-0.25, -0.2) is 0 Å². The van der Waals surface area contributed by atoms with Crippen molar-refractivity contribution in [2.45, 2.75) is 33.6 Å². The van der Waals surface area contributed by atoms with Gasteiger partial charge in [-0.3, -0.25) is 10.1 Å². The van der Waals surface area contributed by atoms with Gasteiger partial charge in [0.15, 0.2) is 0 Å². The van der Waals surface area contributed by atoms with Crippen LogP contribution in [-0.4, -0.2) is 18.0 Å². The van der Waals surface area contributed by atoms with Gasteiger partial charge in [-0.2, -0.15) is 0 Å². The summed E-state index contributed by atoms with van der Waals surface area (Å²) in [6.45, 7) is 8.09. The predicted molar refractivity (Wildman–Crippen MR) is 82.3 cm³/mol. The standard InChI is InChI=1S/C15H23N3O2/c1-4-16-12-7-13(9-14(8-12)18(19)20)17-10-15(5-6-15)11(2)3/h7-9,11,16-17H,4-6,10H2,1-3H3. The fraction of sp³-hybridized carbons (Fsp3) is 0.600. The maximum Gasteiger partial charge on any atom is 0.273 e. The van der Waals surface area contributed by atoms with Crippen molar-refractivity contribution in [3.63, 3.8) is 0 Å². The van der Waals surface area contributed by atoms with Gasteiger partial charge < -0.3 is 10.6 Å². The first-order chi connectivity index (χ1) is 9.47. The molecule has 5 heteroatoms. The Labute approximate surface area is 119 Å². The second kappa shape index (κ2) is 5.69. The van der Waals surface area contributed by atoms with Gasteiger partial charge in [0.25, 0.3) is 5.69 Å². The van der Waals surface area contributed by atoms with Crippen molar-refractivity contribution in [1.82, 2.24) is 0 Å². The summed E-state index contributed by atoms with van der Waals surface area (Å²) in [5.41, 5.74) is 2.11. The third-order valence-electron chi connectivity index (χ3n) is 4.27. The number of benzene rings is 1. The molecule has 1 aliphatic rings. The van der Waals surface area contributed by atoms with E-state index in [0.29, 0.717) is 11.3 Å². The normalized spacial score (nSPS) is 16.0. The lowest BCUT2D eigenvalue weighted by Crippen LogP contribution is -2.20. The smallest absolute Gasteiger partial charge is 0.273 e. The topological polar surface area (TPSA) is 67.2 Å². The van der Waals surface area contributed by atoms with Crippen LogP contribution < -0.4 is 10.6 Å². The van der Waals surface area contributed by atoms with Crippen LogP contribution in [0.5, 0.6) is 0 Å². The first-order valence-electron chi connectivity index (χ1n) is 7.24. The molecule has 0 radical (unpaired) electrons. The molecule has 1 aromatic carbocycles. The van der Waals surface area contributed by atoms with Gasteiger partial charge in [-0.15, -0.1) is 0 Å². The Hall–Kier alpha value is -1.78. The Morgan fingerprint density at radius 3 is 2.30 bits per heavy atom. The van der Waals surface area contributed by atoms with E-state index in [9.17, 15) is 10.1 Å². The van der Waals surface area contributed by atoms with Crippen LogP contribution in [0.15, 0.2) is 18.2 Å². The van der Waals surface area contributed by atoms with E-state index in [2.05, 4.69) is 24.5 Å². The lowest BCUT2D eigenvalue weighted by molar-refractivity contribution is -0.384. The van der Waals surface area contributed by atoms with Crippen LogP contribution in [0, 0.1) is 21.4 Å². The molecule has 0 saturated heterocycles. The molecule has 2 rings (SSSR count). The first-order valence-corrected chi connectivity index (χ1v) is 7.24. The molecule has 110 valence electrons. The molecule has 1 fully saturated rings. The predicted octanol–water partition coefficient (Wildman–Crippen LogP) is 3.87. The number of rotatable bonds is 7. The van der Waals surface area contributed by atoms with Crippen LogP contribution in [-0.2, 0) is 0 Å². The van der Waals surface area contributed by atoms with Crippen LogP contribution >= 0.6 is 0 Å². The highest BCUT2D eigenvalue weighted by Gasteiger charge is 2.44. The van der Waals surface area contributed by atoms with Gasteiger partial charge in [0, 0.05) is 36.6 Å². The second-order valence-electron chi connectivity index (χ2n) is 5.93. The number of nitro benzene ring substituents is 1. The largest absolute Gasteiger partial charge is 0.385 e. The molecular weight excluding hydrogens is 254 g/mol. The Morgan fingerprint density at radius 2 is 1.85 bits per heavy atom. The molecule has 0 unspecified atom stereocenters. The lowest BCUT2D eigenvalue weighted by atomic mass is 9.92. The fourth-order valence-corrected chi connectivity index (χ4v) is 2.52. The van der Waals surface area contributed by atoms with Gasteiger partial charge in [0.05, 0.1) is 4.92 Å². The highest BCUT2D eigenvalue weighted by molar-refractivity contribution is 5.63. The Balaban J connectivity index is 2.12. The van der Waals surface area contributed by atoms with Crippen molar-refractivity contribution in [1.29, 1.82) is 0 Å². The lowest BCUT2D eigenvalue weighted by Gasteiger charge is -2.21. The summed E-state index contributed by atoms with van der Waals surface area (Å²) < 4.78 is 0. The minimum Gasteiger partial charge on any atom is -0.385 e. The molecule has 1 aromatic rings. The molecule has 0 aliphatic heterocycles. The molecule has 2 N–H and O–H groups in total. The number of nitro groups is 1. The van der Waals surface area contributed by atoms with Crippen molar-refractivity contribution in [3.05, 3.63) is 28.3 Å². The van der Waals surface area contributed by atoms with Gasteiger partial charge >= 0.3 is 0 Å². The first kappa shape index (κ1) is 14.6. The maximum absolute atomic E-state index is 11.0. The number of nitrogens with one attached hydrogen (secondary N) is 2. The van der Waals surface area contributed by atoms with E-state index >= 15 is 0 Å². The summed E-state index contributed by atoms with van der Waals surface area (Å²) in [5, 5.41) is 17.5. The summed E-state index contributed by atoms with van der Waals surface area (Å²) >= 11 is 0. The molecule has 0 bridgehead atoms. The molecule has 1 saturated carbocycles. The highest BCUT2D eigenvalue weighted by Crippen LogP contribution is 2.51. The number of non-ortho nitro benzene ring substituents is 1. The monoisotopic (exact) mass is 277 g/mol. The highest BCUT2D eigenvalue weighted by atomic mass is 16.6. The average Bonchev–Trinajstić information content (AvgIpc) is 3.17. The van der Waals surface area contributed by atoms with E-state index in [1.54, 1.807) is 12.1 Å². The number of hydrogen-bond acceptors (Lipinski definition) is 4. The van der Waals surface area contributed by atoms with Crippen LogP contribution in [0.4, 0.5) is 17.1 Å². The summed E-state index contributed by atoms with van der Waals surface area (Å²) in [5.74, 6) is 0.641. The third kappa shape index (κ3) is 3.21. The van der Waals surface area contributed by atoms with E-state index in [0.717, 1.165) is 24.5 Å². The second-order valence-corrected chi connectivity index (χ2v) is 5.93. The average molecular weight is 277 g/mol. The molecule has 0 amide bonds. The van der Waals surface area contributed by atoms with Crippen molar-refractivity contribution < 1.29 is 4.92 Å². The minimum atomic E-state index is -0.346. The number of anilines is 2. The fourth-order valence-electron chi connectivity index (χ4n) is 2.52. The molecule has 1 aliphatic carbocycles. The molecule has 0 atom stereocenters. The molecule has 20 heavy (non-hydrogen) atoms. The van der Waals surface area contributed by atoms with E-state index in [4.69, 9.17) is 0 Å². The van der Waals surface area contributed by atoms with E-state index in [1.165, 1.54) is 12.8 Å². The summed E-state index contributed by atoms with van der Waals surface area (Å²) in [7, 11) is 0. The Morgan fingerprint density at radius 1 is 1.25 bits per heavy atom. The number of nitrogens with zero attached hydrogens (tertiary/aromatic N) is 1. The van der Waals surface area contributed by atoms with Gasteiger partial charge in [-0.1, -0.05) is 13.8 Å². The van der Waals surface area contributed by atoms with Crippen molar-refractivity contribution >= 4 is 17.1 Å². The Bertz CT molecular complexity index is 496. The van der Waals surface area contributed by atoms with Gasteiger partial charge in [0.2, 0.25) is 0 Å². The molecule has 0 spiro atoms. The van der Waals surface area contributed by atoms with E-state index in [1.807, 2.05) is 13.0 Å². The van der Waals surface area contributed by atoms with Crippen LogP contribution in [0.1, 0.15) is 33.6 Å². The zero-order chi connectivity index (χ0) is 14.8. The third-order valence-corrected chi connectivity index (χ3v) is 4.27. The van der Waals surface area contributed by atoms with E-state index in [-0.39, 0.29) is 10.6 Å². The van der Waals surface area contributed by atoms with Crippen LogP contribution in [0.2, 0.25) is 0 Å².